The third-order valence-corrected chi connectivity index (χ3v) is 3.96. The van der Waals surface area contributed by atoms with Crippen LogP contribution < -0.4 is 10.6 Å². The molecule has 3 rings (SSSR count). The van der Waals surface area contributed by atoms with E-state index in [1.54, 1.807) is 18.4 Å². The summed E-state index contributed by atoms with van der Waals surface area (Å²) < 4.78 is 23.9. The maximum absolute atomic E-state index is 13.3. The Balaban J connectivity index is 1.46. The Morgan fingerprint density at radius 1 is 1.40 bits per heavy atom. The number of halogens is 1. The number of carbonyl (C=O) groups excluding carboxylic acids is 2. The number of ether oxygens (including phenoxy) is 1. The molecule has 1 unspecified atom stereocenters. The fraction of sp³-hybridized carbons (Fsp3) is 0.333. The molecule has 1 aromatic heterocycles. The number of anilines is 1. The second-order valence-electron chi connectivity index (χ2n) is 5.81. The van der Waals surface area contributed by atoms with Crippen molar-refractivity contribution in [1.82, 2.24) is 5.32 Å². The molecule has 2 N–H and O–H groups in total. The number of hydrogen-bond donors (Lipinski definition) is 2. The summed E-state index contributed by atoms with van der Waals surface area (Å²) in [6, 6.07) is 7.69. The monoisotopic (exact) mass is 346 g/mol. The lowest BCUT2D eigenvalue weighted by Gasteiger charge is -2.24. The molecule has 0 saturated heterocycles. The molecule has 0 saturated carbocycles. The average molecular weight is 346 g/mol. The Labute approximate surface area is 144 Å². The van der Waals surface area contributed by atoms with Gasteiger partial charge in [0.1, 0.15) is 18.2 Å². The van der Waals surface area contributed by atoms with E-state index in [0.29, 0.717) is 37.4 Å². The zero-order valence-corrected chi connectivity index (χ0v) is 13.6. The van der Waals surface area contributed by atoms with Crippen LogP contribution in [0.2, 0.25) is 0 Å². The largest absolute Gasteiger partial charge is 0.467 e. The number of benzene rings is 1. The van der Waals surface area contributed by atoms with Gasteiger partial charge in [-0.15, -0.1) is 0 Å². The van der Waals surface area contributed by atoms with Crippen molar-refractivity contribution in [2.75, 3.05) is 18.5 Å². The minimum atomic E-state index is -0.603. The van der Waals surface area contributed by atoms with Gasteiger partial charge in [0.25, 0.3) is 0 Å². The zero-order chi connectivity index (χ0) is 17.6. The zero-order valence-electron chi connectivity index (χ0n) is 13.6. The van der Waals surface area contributed by atoms with Crippen LogP contribution in [0.1, 0.15) is 30.1 Å². The topological polar surface area (TPSA) is 80.6 Å². The van der Waals surface area contributed by atoms with E-state index in [9.17, 15) is 14.0 Å². The number of nitrogens with one attached hydrogen (secondary N) is 2. The lowest BCUT2D eigenvalue weighted by molar-refractivity contribution is -0.126. The lowest BCUT2D eigenvalue weighted by atomic mass is 9.89. The van der Waals surface area contributed by atoms with Gasteiger partial charge in [0, 0.05) is 25.3 Å². The molecule has 1 aliphatic heterocycles. The van der Waals surface area contributed by atoms with Crippen LogP contribution in [0.15, 0.2) is 41.0 Å². The van der Waals surface area contributed by atoms with Gasteiger partial charge in [-0.2, -0.15) is 0 Å². The van der Waals surface area contributed by atoms with Gasteiger partial charge in [0.15, 0.2) is 0 Å². The predicted octanol–water partition coefficient (Wildman–Crippen LogP) is 2.57. The molecular weight excluding hydrogens is 327 g/mol. The van der Waals surface area contributed by atoms with Crippen molar-refractivity contribution in [1.29, 1.82) is 0 Å². The summed E-state index contributed by atoms with van der Waals surface area (Å²) in [5.41, 5.74) is 0.991. The average Bonchev–Trinajstić information content (AvgIpc) is 3.10. The summed E-state index contributed by atoms with van der Waals surface area (Å²) in [6.45, 7) is 1.31. The number of rotatable bonds is 7. The summed E-state index contributed by atoms with van der Waals surface area (Å²) in [7, 11) is 0. The lowest BCUT2D eigenvalue weighted by Crippen LogP contribution is -2.35. The first kappa shape index (κ1) is 17.2. The van der Waals surface area contributed by atoms with E-state index in [4.69, 9.17) is 9.15 Å². The van der Waals surface area contributed by atoms with Crippen molar-refractivity contribution in [2.24, 2.45) is 0 Å². The first-order chi connectivity index (χ1) is 12.1. The van der Waals surface area contributed by atoms with Crippen molar-refractivity contribution in [3.05, 3.63) is 53.7 Å². The van der Waals surface area contributed by atoms with Gasteiger partial charge in [-0.05, 0) is 36.2 Å². The minimum absolute atomic E-state index is 0.0550. The fourth-order valence-corrected chi connectivity index (χ4v) is 2.75. The molecule has 7 heteroatoms. The van der Waals surface area contributed by atoms with Gasteiger partial charge in [0.05, 0.1) is 12.2 Å². The van der Waals surface area contributed by atoms with Gasteiger partial charge in [-0.1, -0.05) is 6.07 Å². The summed E-state index contributed by atoms with van der Waals surface area (Å²) in [4.78, 5) is 24.1. The highest BCUT2D eigenvalue weighted by Gasteiger charge is 2.30. The highest BCUT2D eigenvalue weighted by Crippen LogP contribution is 2.32. The first-order valence-corrected chi connectivity index (χ1v) is 8.10. The van der Waals surface area contributed by atoms with Crippen LogP contribution in [0.4, 0.5) is 10.1 Å². The van der Waals surface area contributed by atoms with Crippen LogP contribution in [0.3, 0.4) is 0 Å². The van der Waals surface area contributed by atoms with Crippen molar-refractivity contribution >= 4 is 17.5 Å². The number of carbonyl (C=O) groups is 2. The molecule has 0 radical (unpaired) electrons. The highest BCUT2D eigenvalue weighted by atomic mass is 19.1. The standard InChI is InChI=1S/C18H19FN2O4/c19-12-4-5-14-15(10-17(22)21-16(14)9-12)18(23)20-6-2-7-24-11-13-3-1-8-25-13/h1,3-5,8-9,15H,2,6-7,10-11H2,(H,20,23)(H,21,22). The second-order valence-corrected chi connectivity index (χ2v) is 5.81. The molecule has 1 aromatic carbocycles. The molecule has 1 aliphatic rings. The summed E-state index contributed by atoms with van der Waals surface area (Å²) in [5, 5.41) is 5.40. The van der Waals surface area contributed by atoms with Gasteiger partial charge >= 0.3 is 0 Å². The van der Waals surface area contributed by atoms with Gasteiger partial charge in [0.2, 0.25) is 11.8 Å². The van der Waals surface area contributed by atoms with E-state index in [1.807, 2.05) is 6.07 Å². The van der Waals surface area contributed by atoms with E-state index >= 15 is 0 Å². The van der Waals surface area contributed by atoms with Crippen LogP contribution in [-0.4, -0.2) is 25.0 Å². The van der Waals surface area contributed by atoms with Crippen molar-refractivity contribution in [2.45, 2.75) is 25.4 Å². The van der Waals surface area contributed by atoms with Crippen LogP contribution in [0, 0.1) is 5.82 Å². The minimum Gasteiger partial charge on any atom is -0.467 e. The molecule has 2 aromatic rings. The fourth-order valence-electron chi connectivity index (χ4n) is 2.75. The third kappa shape index (κ3) is 4.45. The van der Waals surface area contributed by atoms with E-state index < -0.39 is 11.7 Å². The molecular formula is C18H19FN2O4. The number of furan rings is 1. The Kier molecular flexibility index (Phi) is 5.45. The van der Waals surface area contributed by atoms with Crippen LogP contribution in [-0.2, 0) is 20.9 Å². The third-order valence-electron chi connectivity index (χ3n) is 3.96. The smallest absolute Gasteiger partial charge is 0.228 e. The van der Waals surface area contributed by atoms with Crippen LogP contribution in [0.5, 0.6) is 0 Å². The Morgan fingerprint density at radius 2 is 2.28 bits per heavy atom. The molecule has 2 amide bonds. The summed E-state index contributed by atoms with van der Waals surface area (Å²) >= 11 is 0. The van der Waals surface area contributed by atoms with E-state index in [1.165, 1.54) is 12.1 Å². The van der Waals surface area contributed by atoms with Crippen molar-refractivity contribution < 1.29 is 23.1 Å². The second kappa shape index (κ2) is 7.94. The highest BCUT2D eigenvalue weighted by molar-refractivity contribution is 6.01. The Bertz CT molecular complexity index is 746. The Morgan fingerprint density at radius 3 is 3.08 bits per heavy atom. The molecule has 0 spiro atoms. The van der Waals surface area contributed by atoms with E-state index in [0.717, 1.165) is 5.76 Å². The van der Waals surface area contributed by atoms with Crippen molar-refractivity contribution in [3.63, 3.8) is 0 Å². The molecule has 2 heterocycles. The summed E-state index contributed by atoms with van der Waals surface area (Å²) in [6.07, 6.45) is 2.28. The Hall–Kier alpha value is -2.67. The molecule has 0 fully saturated rings. The first-order valence-electron chi connectivity index (χ1n) is 8.10. The van der Waals surface area contributed by atoms with Crippen LogP contribution in [0.25, 0.3) is 0 Å². The molecule has 25 heavy (non-hydrogen) atoms. The molecule has 6 nitrogen and oxygen atoms in total. The van der Waals surface area contributed by atoms with Gasteiger partial charge in [-0.3, -0.25) is 9.59 Å². The maximum Gasteiger partial charge on any atom is 0.228 e. The molecule has 0 aliphatic carbocycles. The molecule has 132 valence electrons. The number of hydrogen-bond acceptors (Lipinski definition) is 4. The van der Waals surface area contributed by atoms with Crippen LogP contribution >= 0.6 is 0 Å². The van der Waals surface area contributed by atoms with Crippen molar-refractivity contribution in [3.8, 4) is 0 Å². The maximum atomic E-state index is 13.3. The quantitative estimate of drug-likeness (QED) is 0.755. The summed E-state index contributed by atoms with van der Waals surface area (Å²) in [5.74, 6) is -0.836. The van der Waals surface area contributed by atoms with E-state index in [2.05, 4.69) is 10.6 Å². The van der Waals surface area contributed by atoms with Gasteiger partial charge in [-0.25, -0.2) is 4.39 Å². The normalized spacial score (nSPS) is 16.2. The van der Waals surface area contributed by atoms with E-state index in [-0.39, 0.29) is 18.2 Å². The number of fused-ring (bicyclic) bond motifs is 1. The molecule has 1 atom stereocenters. The SMILES string of the molecule is O=C1CC(C(=O)NCCCOCc2ccco2)c2ccc(F)cc2N1. The predicted molar refractivity (Wildman–Crippen MR) is 88.4 cm³/mol. The number of amides is 2. The molecule has 0 bridgehead atoms. The van der Waals surface area contributed by atoms with Gasteiger partial charge < -0.3 is 19.8 Å².